The third kappa shape index (κ3) is 3.53. The van der Waals surface area contributed by atoms with Gasteiger partial charge in [0, 0.05) is 29.2 Å². The van der Waals surface area contributed by atoms with E-state index in [1.807, 2.05) is 51.2 Å². The van der Waals surface area contributed by atoms with Crippen molar-refractivity contribution in [3.63, 3.8) is 0 Å². The van der Waals surface area contributed by atoms with Crippen molar-refractivity contribution in [1.82, 2.24) is 15.0 Å². The van der Waals surface area contributed by atoms with Crippen LogP contribution in [0.5, 0.6) is 0 Å². The lowest BCUT2D eigenvalue weighted by atomic mass is 10.1. The van der Waals surface area contributed by atoms with Gasteiger partial charge in [0.2, 0.25) is 0 Å². The first-order chi connectivity index (χ1) is 14.3. The van der Waals surface area contributed by atoms with E-state index < -0.39 is 5.91 Å². The van der Waals surface area contributed by atoms with Gasteiger partial charge in [-0.3, -0.25) is 15.0 Å². The molecule has 1 saturated heterocycles. The van der Waals surface area contributed by atoms with Gasteiger partial charge in [-0.1, -0.05) is 47.6 Å². The zero-order chi connectivity index (χ0) is 21.6. The number of hydrogen-bond acceptors (Lipinski definition) is 4. The van der Waals surface area contributed by atoms with Crippen LogP contribution in [0.15, 0.2) is 47.4 Å². The SMILES string of the molecule is Cc1ccc(C(=O)NN2C(=O)/C(=C\c3c(C)n(C)c4ccccc34)SC2=S)c(Cl)c1. The standard InChI is InChI=1S/C22H18ClN3O2S2/c1-12-8-9-15(17(23)10-12)20(27)24-26-21(28)19(30-22(26)29)11-16-13(2)25(3)18-7-5-4-6-14(16)18/h4-11H,1-3H3,(H,24,27)/b19-11+. The molecule has 0 unspecified atom stereocenters. The summed E-state index contributed by atoms with van der Waals surface area (Å²) in [5.74, 6) is -0.854. The van der Waals surface area contributed by atoms with Crippen LogP contribution in [-0.4, -0.2) is 25.7 Å². The fourth-order valence-corrected chi connectivity index (χ4v) is 4.88. The summed E-state index contributed by atoms with van der Waals surface area (Å²) in [6.45, 7) is 3.89. The van der Waals surface area contributed by atoms with Crippen molar-refractivity contribution < 1.29 is 9.59 Å². The van der Waals surface area contributed by atoms with Gasteiger partial charge in [-0.2, -0.15) is 5.01 Å². The second kappa shape index (κ2) is 7.91. The minimum atomic E-state index is -0.487. The lowest BCUT2D eigenvalue weighted by molar-refractivity contribution is -0.123. The molecule has 0 radical (unpaired) electrons. The molecule has 1 fully saturated rings. The van der Waals surface area contributed by atoms with Crippen molar-refractivity contribution in [2.24, 2.45) is 7.05 Å². The smallest absolute Gasteiger partial charge is 0.285 e. The van der Waals surface area contributed by atoms with E-state index in [1.54, 1.807) is 18.2 Å². The Kier molecular flexibility index (Phi) is 5.44. The number of halogens is 1. The highest BCUT2D eigenvalue weighted by molar-refractivity contribution is 8.26. The van der Waals surface area contributed by atoms with Crippen LogP contribution in [0.4, 0.5) is 0 Å². The van der Waals surface area contributed by atoms with Crippen molar-refractivity contribution in [2.75, 3.05) is 0 Å². The Hall–Kier alpha value is -2.61. The highest BCUT2D eigenvalue weighted by atomic mass is 35.5. The van der Waals surface area contributed by atoms with E-state index in [-0.39, 0.29) is 15.8 Å². The molecule has 0 spiro atoms. The van der Waals surface area contributed by atoms with Gasteiger partial charge in [0.15, 0.2) is 4.32 Å². The number of carbonyl (C=O) groups excluding carboxylic acids is 2. The van der Waals surface area contributed by atoms with Gasteiger partial charge in [-0.25, -0.2) is 0 Å². The second-order valence-electron chi connectivity index (χ2n) is 7.02. The van der Waals surface area contributed by atoms with Gasteiger partial charge < -0.3 is 4.57 Å². The minimum Gasteiger partial charge on any atom is -0.347 e. The lowest BCUT2D eigenvalue weighted by Crippen LogP contribution is -2.44. The molecule has 4 rings (SSSR count). The monoisotopic (exact) mass is 455 g/mol. The van der Waals surface area contributed by atoms with Gasteiger partial charge in [0.1, 0.15) is 0 Å². The van der Waals surface area contributed by atoms with Crippen LogP contribution < -0.4 is 5.43 Å². The molecule has 1 N–H and O–H groups in total. The predicted octanol–water partition coefficient (Wildman–Crippen LogP) is 4.99. The Morgan fingerprint density at radius 2 is 1.93 bits per heavy atom. The highest BCUT2D eigenvalue weighted by Crippen LogP contribution is 2.35. The number of fused-ring (bicyclic) bond motifs is 1. The average Bonchev–Trinajstić information content (AvgIpc) is 3.11. The fraction of sp³-hybridized carbons (Fsp3) is 0.136. The van der Waals surface area contributed by atoms with Gasteiger partial charge in [0.25, 0.3) is 11.8 Å². The molecule has 0 saturated carbocycles. The van der Waals surface area contributed by atoms with Gasteiger partial charge in [-0.05, 0) is 55.9 Å². The van der Waals surface area contributed by atoms with Crippen LogP contribution in [0.1, 0.15) is 27.2 Å². The molecule has 0 aliphatic carbocycles. The second-order valence-corrected chi connectivity index (χ2v) is 9.10. The maximum atomic E-state index is 13.0. The number of nitrogens with one attached hydrogen (secondary N) is 1. The first kappa shape index (κ1) is 20.7. The van der Waals surface area contributed by atoms with Crippen LogP contribution in [-0.2, 0) is 11.8 Å². The van der Waals surface area contributed by atoms with Crippen LogP contribution in [0.3, 0.4) is 0 Å². The molecule has 0 bridgehead atoms. The number of benzene rings is 2. The van der Waals surface area contributed by atoms with Crippen molar-refractivity contribution in [2.45, 2.75) is 13.8 Å². The summed E-state index contributed by atoms with van der Waals surface area (Å²) < 4.78 is 2.35. The Balaban J connectivity index is 1.64. The number of nitrogens with zero attached hydrogens (tertiary/aromatic N) is 2. The molecule has 152 valence electrons. The molecule has 8 heteroatoms. The largest absolute Gasteiger partial charge is 0.347 e. The quantitative estimate of drug-likeness (QED) is 0.446. The average molecular weight is 456 g/mol. The van der Waals surface area contributed by atoms with Crippen molar-refractivity contribution in [3.8, 4) is 0 Å². The number of amides is 2. The van der Waals surface area contributed by atoms with E-state index in [9.17, 15) is 9.59 Å². The maximum absolute atomic E-state index is 13.0. The lowest BCUT2D eigenvalue weighted by Gasteiger charge is -2.16. The number of rotatable bonds is 3. The van der Waals surface area contributed by atoms with Crippen LogP contribution in [0.2, 0.25) is 5.02 Å². The molecular weight excluding hydrogens is 438 g/mol. The van der Waals surface area contributed by atoms with E-state index in [0.29, 0.717) is 9.93 Å². The Morgan fingerprint density at radius 3 is 2.67 bits per heavy atom. The molecule has 30 heavy (non-hydrogen) atoms. The van der Waals surface area contributed by atoms with Crippen LogP contribution >= 0.6 is 35.6 Å². The summed E-state index contributed by atoms with van der Waals surface area (Å²) >= 11 is 12.7. The minimum absolute atomic E-state index is 0.265. The zero-order valence-electron chi connectivity index (χ0n) is 16.5. The van der Waals surface area contributed by atoms with Gasteiger partial charge in [-0.15, -0.1) is 0 Å². The van der Waals surface area contributed by atoms with Crippen molar-refractivity contribution in [1.29, 1.82) is 0 Å². The van der Waals surface area contributed by atoms with E-state index in [4.69, 9.17) is 23.8 Å². The Labute approximate surface area is 188 Å². The first-order valence-corrected chi connectivity index (χ1v) is 10.8. The third-order valence-electron chi connectivity index (χ3n) is 5.10. The Bertz CT molecular complexity index is 1260. The summed E-state index contributed by atoms with van der Waals surface area (Å²) in [5, 5.41) is 2.48. The molecule has 1 aliphatic heterocycles. The summed E-state index contributed by atoms with van der Waals surface area (Å²) in [4.78, 5) is 26.1. The molecular formula is C22H18ClN3O2S2. The molecule has 5 nitrogen and oxygen atoms in total. The topological polar surface area (TPSA) is 54.3 Å². The molecule has 2 heterocycles. The molecule has 1 aromatic heterocycles. The van der Waals surface area contributed by atoms with Gasteiger partial charge in [0.05, 0.1) is 15.5 Å². The molecule has 2 amide bonds. The number of hydrogen-bond donors (Lipinski definition) is 1. The fourth-order valence-electron chi connectivity index (χ4n) is 3.39. The molecule has 2 aromatic carbocycles. The van der Waals surface area contributed by atoms with Gasteiger partial charge >= 0.3 is 0 Å². The highest BCUT2D eigenvalue weighted by Gasteiger charge is 2.34. The first-order valence-electron chi connectivity index (χ1n) is 9.17. The summed E-state index contributed by atoms with van der Waals surface area (Å²) in [5.41, 5.74) is 6.88. The normalized spacial score (nSPS) is 15.5. The summed E-state index contributed by atoms with van der Waals surface area (Å²) in [6.07, 6.45) is 1.84. The summed E-state index contributed by atoms with van der Waals surface area (Å²) in [6, 6.07) is 13.1. The van der Waals surface area contributed by atoms with Crippen LogP contribution in [0.25, 0.3) is 17.0 Å². The molecule has 3 aromatic rings. The van der Waals surface area contributed by atoms with E-state index in [1.165, 1.54) is 0 Å². The summed E-state index contributed by atoms with van der Waals surface area (Å²) in [7, 11) is 1.99. The number of aryl methyl sites for hydroxylation is 2. The maximum Gasteiger partial charge on any atom is 0.285 e. The number of carbonyl (C=O) groups is 2. The van der Waals surface area contributed by atoms with E-state index in [2.05, 4.69) is 9.99 Å². The van der Waals surface area contributed by atoms with E-state index >= 15 is 0 Å². The zero-order valence-corrected chi connectivity index (χ0v) is 18.9. The number of aromatic nitrogens is 1. The molecule has 1 aliphatic rings. The number of para-hydroxylation sites is 1. The Morgan fingerprint density at radius 1 is 1.20 bits per heavy atom. The predicted molar refractivity (Wildman–Crippen MR) is 126 cm³/mol. The molecule has 0 atom stereocenters. The van der Waals surface area contributed by atoms with Crippen molar-refractivity contribution >= 4 is 68.7 Å². The van der Waals surface area contributed by atoms with Crippen molar-refractivity contribution in [3.05, 3.63) is 74.8 Å². The third-order valence-corrected chi connectivity index (χ3v) is 6.72. The van der Waals surface area contributed by atoms with E-state index in [0.717, 1.165) is 44.5 Å². The van der Waals surface area contributed by atoms with Crippen LogP contribution in [0, 0.1) is 13.8 Å². The number of thioether (sulfide) groups is 1. The number of thiocarbonyl (C=S) groups is 1. The number of hydrazine groups is 1.